The lowest BCUT2D eigenvalue weighted by atomic mass is 10.1. The minimum absolute atomic E-state index is 0.268. The van der Waals surface area contributed by atoms with Gasteiger partial charge >= 0.3 is 0 Å². The zero-order valence-corrected chi connectivity index (χ0v) is 19.7. The van der Waals surface area contributed by atoms with E-state index in [2.05, 4.69) is 30.7 Å². The van der Waals surface area contributed by atoms with Crippen LogP contribution in [0.3, 0.4) is 0 Å². The number of rotatable bonds is 6. The van der Waals surface area contributed by atoms with Crippen molar-refractivity contribution < 1.29 is 14.3 Å². The highest BCUT2D eigenvalue weighted by Crippen LogP contribution is 2.23. The highest BCUT2D eigenvalue weighted by Gasteiger charge is 2.18. The van der Waals surface area contributed by atoms with Crippen molar-refractivity contribution in [2.45, 2.75) is 10.9 Å². The molecule has 2 aromatic carbocycles. The molecule has 4 aromatic rings. The van der Waals surface area contributed by atoms with E-state index in [1.807, 2.05) is 36.4 Å². The molecule has 2 amide bonds. The van der Waals surface area contributed by atoms with Gasteiger partial charge in [-0.3, -0.25) is 20.4 Å². The molecule has 0 aliphatic carbocycles. The number of nitrogens with zero attached hydrogens (tertiary/aromatic N) is 3. The highest BCUT2D eigenvalue weighted by atomic mass is 32.2. The zero-order valence-electron chi connectivity index (χ0n) is 18.1. The molecule has 174 valence electrons. The fourth-order valence-corrected chi connectivity index (χ4v) is 5.12. The van der Waals surface area contributed by atoms with Crippen LogP contribution in [0.4, 0.5) is 5.13 Å². The number of hydrazine groups is 1. The van der Waals surface area contributed by atoms with Crippen LogP contribution in [0.1, 0.15) is 26.4 Å². The minimum Gasteiger partial charge on any atom is -0.378 e. The van der Waals surface area contributed by atoms with Crippen LogP contribution in [0, 0.1) is 0 Å². The summed E-state index contributed by atoms with van der Waals surface area (Å²) in [5, 5.41) is 3.31. The predicted molar refractivity (Wildman–Crippen MR) is 132 cm³/mol. The number of carbonyl (C=O) groups is 2. The molecule has 0 spiro atoms. The molecule has 3 heterocycles. The van der Waals surface area contributed by atoms with Crippen molar-refractivity contribution in [3.63, 3.8) is 0 Å². The number of morpholine rings is 1. The first-order chi connectivity index (χ1) is 16.7. The Morgan fingerprint density at radius 2 is 1.79 bits per heavy atom. The standard InChI is InChI=1S/C23H22N6O3S2/c30-20(27-28-21(31)19-14-34-23(26-19)29-9-11-32-12-10-29)16-7-5-15(6-8-16)13-33-22-24-17-3-1-2-4-18(17)25-22/h1-8,14H,9-13H2,(H,24,25)(H,27,30)(H,28,31). The van der Waals surface area contributed by atoms with Gasteiger partial charge in [0.25, 0.3) is 11.8 Å². The van der Waals surface area contributed by atoms with E-state index < -0.39 is 11.8 Å². The Kier molecular flexibility index (Phi) is 6.74. The maximum atomic E-state index is 12.4. The number of anilines is 1. The number of amides is 2. The summed E-state index contributed by atoms with van der Waals surface area (Å²) in [7, 11) is 0. The Bertz CT molecular complexity index is 1260. The summed E-state index contributed by atoms with van der Waals surface area (Å²) >= 11 is 2.99. The minimum atomic E-state index is -0.456. The Labute approximate surface area is 203 Å². The van der Waals surface area contributed by atoms with Crippen LogP contribution in [0.5, 0.6) is 0 Å². The number of ether oxygens (including phenoxy) is 1. The van der Waals surface area contributed by atoms with Crippen molar-refractivity contribution in [1.29, 1.82) is 0 Å². The Morgan fingerprint density at radius 1 is 1.03 bits per heavy atom. The highest BCUT2D eigenvalue weighted by molar-refractivity contribution is 7.98. The third kappa shape index (κ3) is 5.22. The molecule has 1 aliphatic rings. The number of aromatic nitrogens is 3. The van der Waals surface area contributed by atoms with E-state index >= 15 is 0 Å². The number of imidazole rings is 1. The fourth-order valence-electron chi connectivity index (χ4n) is 3.42. The molecule has 0 saturated carbocycles. The number of H-pyrrole nitrogens is 1. The second-order valence-electron chi connectivity index (χ2n) is 7.57. The van der Waals surface area contributed by atoms with Crippen LogP contribution in [0.2, 0.25) is 0 Å². The molecule has 3 N–H and O–H groups in total. The molecule has 0 bridgehead atoms. The van der Waals surface area contributed by atoms with Crippen LogP contribution in [-0.4, -0.2) is 53.1 Å². The zero-order chi connectivity index (χ0) is 23.3. The molecule has 0 unspecified atom stereocenters. The lowest BCUT2D eigenvalue weighted by Gasteiger charge is -2.25. The van der Waals surface area contributed by atoms with Crippen molar-refractivity contribution in [2.24, 2.45) is 0 Å². The monoisotopic (exact) mass is 494 g/mol. The van der Waals surface area contributed by atoms with Gasteiger partial charge < -0.3 is 14.6 Å². The second-order valence-corrected chi connectivity index (χ2v) is 9.37. The van der Waals surface area contributed by atoms with Crippen molar-refractivity contribution in [3.8, 4) is 0 Å². The summed E-state index contributed by atoms with van der Waals surface area (Å²) in [5.41, 5.74) is 8.61. The van der Waals surface area contributed by atoms with Crippen molar-refractivity contribution in [2.75, 3.05) is 31.2 Å². The number of aromatic amines is 1. The molecule has 2 aromatic heterocycles. The van der Waals surface area contributed by atoms with E-state index in [1.54, 1.807) is 29.3 Å². The number of hydrogen-bond donors (Lipinski definition) is 3. The summed E-state index contributed by atoms with van der Waals surface area (Å²) in [4.78, 5) is 39.1. The lowest BCUT2D eigenvalue weighted by Crippen LogP contribution is -2.41. The summed E-state index contributed by atoms with van der Waals surface area (Å²) in [6.45, 7) is 2.79. The average molecular weight is 495 g/mol. The maximum Gasteiger partial charge on any atom is 0.289 e. The van der Waals surface area contributed by atoms with Gasteiger partial charge in [-0.25, -0.2) is 9.97 Å². The first-order valence-corrected chi connectivity index (χ1v) is 12.6. The number of thiazole rings is 1. The number of carbonyl (C=O) groups excluding carboxylic acids is 2. The van der Waals surface area contributed by atoms with E-state index in [0.717, 1.165) is 40.0 Å². The quantitative estimate of drug-likeness (QED) is 0.279. The van der Waals surface area contributed by atoms with Gasteiger partial charge in [-0.15, -0.1) is 11.3 Å². The van der Waals surface area contributed by atoms with Gasteiger partial charge in [-0.1, -0.05) is 36.0 Å². The molecule has 0 atom stereocenters. The van der Waals surface area contributed by atoms with Crippen molar-refractivity contribution in [1.82, 2.24) is 25.8 Å². The van der Waals surface area contributed by atoms with Gasteiger partial charge in [0.1, 0.15) is 5.69 Å². The Balaban J connectivity index is 1.11. The summed E-state index contributed by atoms with van der Waals surface area (Å²) in [6.07, 6.45) is 0. The number of thioether (sulfide) groups is 1. The molecule has 0 radical (unpaired) electrons. The van der Waals surface area contributed by atoms with Crippen molar-refractivity contribution >= 4 is 51.1 Å². The number of hydrogen-bond acceptors (Lipinski definition) is 8. The summed E-state index contributed by atoms with van der Waals surface area (Å²) < 4.78 is 5.34. The molecule has 1 fully saturated rings. The summed E-state index contributed by atoms with van der Waals surface area (Å²) in [5.74, 6) is -0.134. The molecule has 9 nitrogen and oxygen atoms in total. The van der Waals surface area contributed by atoms with Gasteiger partial charge in [0.05, 0.1) is 24.2 Å². The third-order valence-electron chi connectivity index (χ3n) is 5.26. The van der Waals surface area contributed by atoms with Gasteiger partial charge in [0.2, 0.25) is 0 Å². The van der Waals surface area contributed by atoms with E-state index in [0.29, 0.717) is 24.5 Å². The number of fused-ring (bicyclic) bond motifs is 1. The van der Waals surface area contributed by atoms with E-state index in [1.165, 1.54) is 11.3 Å². The SMILES string of the molecule is O=C(NNC(=O)c1csc(N2CCOCC2)n1)c1ccc(CSc2nc3ccccc3[nH]2)cc1. The smallest absolute Gasteiger partial charge is 0.289 e. The Hall–Kier alpha value is -3.41. The molecule has 34 heavy (non-hydrogen) atoms. The van der Waals surface area contributed by atoms with Gasteiger partial charge in [0.15, 0.2) is 10.3 Å². The second kappa shape index (κ2) is 10.2. The van der Waals surface area contributed by atoms with E-state index in [4.69, 9.17) is 4.74 Å². The molecule has 11 heteroatoms. The lowest BCUT2D eigenvalue weighted by molar-refractivity contribution is 0.0844. The summed E-state index contributed by atoms with van der Waals surface area (Å²) in [6, 6.07) is 15.1. The third-order valence-corrected chi connectivity index (χ3v) is 7.10. The topological polar surface area (TPSA) is 112 Å². The van der Waals surface area contributed by atoms with Gasteiger partial charge in [-0.05, 0) is 29.8 Å². The molecule has 1 aliphatic heterocycles. The van der Waals surface area contributed by atoms with Crippen LogP contribution < -0.4 is 15.8 Å². The maximum absolute atomic E-state index is 12.4. The van der Waals surface area contributed by atoms with Crippen LogP contribution >= 0.6 is 23.1 Å². The van der Waals surface area contributed by atoms with Crippen molar-refractivity contribution in [3.05, 3.63) is 70.7 Å². The van der Waals surface area contributed by atoms with E-state index in [9.17, 15) is 9.59 Å². The number of nitrogens with one attached hydrogen (secondary N) is 3. The molecule has 1 saturated heterocycles. The van der Waals surface area contributed by atoms with Crippen LogP contribution in [0.15, 0.2) is 59.1 Å². The molecule has 5 rings (SSSR count). The first kappa shape index (κ1) is 22.4. The molecular weight excluding hydrogens is 472 g/mol. The van der Waals surface area contributed by atoms with Gasteiger partial charge in [0, 0.05) is 29.8 Å². The number of benzene rings is 2. The predicted octanol–water partition coefficient (Wildman–Crippen LogP) is 3.22. The largest absolute Gasteiger partial charge is 0.378 e. The average Bonchev–Trinajstić information content (AvgIpc) is 3.54. The van der Waals surface area contributed by atoms with Crippen LogP contribution in [-0.2, 0) is 10.5 Å². The fraction of sp³-hybridized carbons (Fsp3) is 0.217. The van der Waals surface area contributed by atoms with Crippen LogP contribution in [0.25, 0.3) is 11.0 Å². The first-order valence-electron chi connectivity index (χ1n) is 10.7. The number of para-hydroxylation sites is 2. The molecular formula is C23H22N6O3S2. The van der Waals surface area contributed by atoms with E-state index in [-0.39, 0.29) is 5.69 Å². The normalized spacial score (nSPS) is 13.7. The Morgan fingerprint density at radius 3 is 2.59 bits per heavy atom. The van der Waals surface area contributed by atoms with Gasteiger partial charge in [-0.2, -0.15) is 0 Å².